The van der Waals surface area contributed by atoms with Gasteiger partial charge in [0.05, 0.1) is 4.92 Å². The fourth-order valence-corrected chi connectivity index (χ4v) is 2.21. The molecular weight excluding hydrogens is 254 g/mol. The molecule has 5 nitrogen and oxygen atoms in total. The van der Waals surface area contributed by atoms with Gasteiger partial charge in [0.15, 0.2) is 0 Å². The lowest BCUT2D eigenvalue weighted by Crippen LogP contribution is -2.26. The van der Waals surface area contributed by atoms with E-state index in [0.717, 1.165) is 25.9 Å². The highest BCUT2D eigenvalue weighted by molar-refractivity contribution is 6.32. The minimum Gasteiger partial charge on any atom is -0.366 e. The first-order valence-corrected chi connectivity index (χ1v) is 6.45. The molecule has 0 spiro atoms. The van der Waals surface area contributed by atoms with Gasteiger partial charge in [0, 0.05) is 18.8 Å². The second kappa shape index (κ2) is 6.54. The van der Waals surface area contributed by atoms with Crippen LogP contribution in [0.15, 0.2) is 6.07 Å². The number of aromatic nitrogens is 1. The van der Waals surface area contributed by atoms with E-state index in [0.29, 0.717) is 11.4 Å². The van der Waals surface area contributed by atoms with Crippen molar-refractivity contribution >= 4 is 23.0 Å². The first kappa shape index (κ1) is 14.7. The van der Waals surface area contributed by atoms with Crippen molar-refractivity contribution in [2.24, 2.45) is 0 Å². The number of pyridine rings is 1. The Hall–Kier alpha value is -1.36. The molecule has 0 aliphatic rings. The topological polar surface area (TPSA) is 59.3 Å². The molecule has 18 heavy (non-hydrogen) atoms. The van der Waals surface area contributed by atoms with Gasteiger partial charge in [-0.2, -0.15) is 0 Å². The molecule has 6 heteroatoms. The van der Waals surface area contributed by atoms with Crippen molar-refractivity contribution in [1.82, 2.24) is 4.98 Å². The van der Waals surface area contributed by atoms with E-state index in [9.17, 15) is 10.1 Å². The maximum atomic E-state index is 11.1. The molecule has 1 rings (SSSR count). The molecule has 0 saturated heterocycles. The minimum absolute atomic E-state index is 0.0350. The van der Waals surface area contributed by atoms with Crippen molar-refractivity contribution in [3.05, 3.63) is 27.0 Å². The Morgan fingerprint density at radius 1 is 1.39 bits per heavy atom. The van der Waals surface area contributed by atoms with Gasteiger partial charge in [0.1, 0.15) is 5.69 Å². The molecule has 0 atom stereocenters. The van der Waals surface area contributed by atoms with Crippen molar-refractivity contribution in [1.29, 1.82) is 0 Å². The van der Waals surface area contributed by atoms with Crippen LogP contribution in [0.4, 0.5) is 11.4 Å². The van der Waals surface area contributed by atoms with Crippen molar-refractivity contribution in [3.63, 3.8) is 0 Å². The standard InChI is InChI=1S/C12H18ClN3O2/c1-4-6-15(7-5-2)10-8-9(3)14-12(13)11(10)16(17)18/h8H,4-7H2,1-3H3. The van der Waals surface area contributed by atoms with Crippen molar-refractivity contribution in [3.8, 4) is 0 Å². The van der Waals surface area contributed by atoms with Crippen LogP contribution in [0.1, 0.15) is 32.4 Å². The van der Waals surface area contributed by atoms with Gasteiger partial charge in [0.25, 0.3) is 0 Å². The highest BCUT2D eigenvalue weighted by Crippen LogP contribution is 2.34. The molecule has 0 fully saturated rings. The summed E-state index contributed by atoms with van der Waals surface area (Å²) in [5.41, 5.74) is 1.17. The molecule has 0 aliphatic heterocycles. The lowest BCUT2D eigenvalue weighted by Gasteiger charge is -2.23. The second-order valence-electron chi connectivity index (χ2n) is 4.17. The smallest absolute Gasteiger partial charge is 0.329 e. The van der Waals surface area contributed by atoms with Gasteiger partial charge in [-0.05, 0) is 25.8 Å². The van der Waals surface area contributed by atoms with Crippen LogP contribution in [0.25, 0.3) is 0 Å². The van der Waals surface area contributed by atoms with Crippen LogP contribution in [-0.4, -0.2) is 23.0 Å². The molecule has 0 N–H and O–H groups in total. The van der Waals surface area contributed by atoms with E-state index < -0.39 is 4.92 Å². The monoisotopic (exact) mass is 271 g/mol. The predicted molar refractivity (Wildman–Crippen MR) is 73.4 cm³/mol. The largest absolute Gasteiger partial charge is 0.366 e. The Kier molecular flexibility index (Phi) is 5.34. The lowest BCUT2D eigenvalue weighted by molar-refractivity contribution is -0.384. The molecule has 0 bridgehead atoms. The number of halogens is 1. The zero-order chi connectivity index (χ0) is 13.7. The van der Waals surface area contributed by atoms with E-state index in [1.165, 1.54) is 0 Å². The number of aryl methyl sites for hydroxylation is 1. The maximum absolute atomic E-state index is 11.1. The van der Waals surface area contributed by atoms with E-state index in [4.69, 9.17) is 11.6 Å². The van der Waals surface area contributed by atoms with E-state index in [1.807, 2.05) is 18.7 Å². The summed E-state index contributed by atoms with van der Waals surface area (Å²) in [6, 6.07) is 1.73. The fourth-order valence-electron chi connectivity index (χ4n) is 1.91. The Morgan fingerprint density at radius 3 is 2.39 bits per heavy atom. The van der Waals surface area contributed by atoms with Crippen LogP contribution < -0.4 is 4.90 Å². The highest BCUT2D eigenvalue weighted by atomic mass is 35.5. The molecule has 1 aromatic rings. The molecule has 0 saturated carbocycles. The Labute approximate surface area is 112 Å². The van der Waals surface area contributed by atoms with Gasteiger partial charge >= 0.3 is 5.69 Å². The minimum atomic E-state index is -0.456. The quantitative estimate of drug-likeness (QED) is 0.451. The summed E-state index contributed by atoms with van der Waals surface area (Å²) in [5, 5.41) is 11.1. The van der Waals surface area contributed by atoms with E-state index in [-0.39, 0.29) is 10.8 Å². The number of anilines is 1. The SMILES string of the molecule is CCCN(CCC)c1cc(C)nc(Cl)c1[N+](=O)[O-]. The zero-order valence-corrected chi connectivity index (χ0v) is 11.7. The Balaban J connectivity index is 3.29. The van der Waals surface area contributed by atoms with Gasteiger partial charge in [0.2, 0.25) is 5.15 Å². The van der Waals surface area contributed by atoms with Gasteiger partial charge in [-0.25, -0.2) is 4.98 Å². The molecule has 0 unspecified atom stereocenters. The first-order chi connectivity index (χ1) is 8.51. The fraction of sp³-hybridized carbons (Fsp3) is 0.583. The van der Waals surface area contributed by atoms with Crippen LogP contribution in [0, 0.1) is 17.0 Å². The summed E-state index contributed by atoms with van der Waals surface area (Å²) in [7, 11) is 0. The number of nitro groups is 1. The number of hydrogen-bond donors (Lipinski definition) is 0. The number of rotatable bonds is 6. The molecule has 0 aliphatic carbocycles. The van der Waals surface area contributed by atoms with E-state index >= 15 is 0 Å². The molecule has 0 amide bonds. The van der Waals surface area contributed by atoms with Crippen molar-refractivity contribution < 1.29 is 4.92 Å². The first-order valence-electron chi connectivity index (χ1n) is 6.07. The second-order valence-corrected chi connectivity index (χ2v) is 4.52. The molecule has 1 heterocycles. The maximum Gasteiger partial charge on any atom is 0.329 e. The number of hydrogen-bond acceptors (Lipinski definition) is 4. The summed E-state index contributed by atoms with van der Waals surface area (Å²) in [6.45, 7) is 7.42. The highest BCUT2D eigenvalue weighted by Gasteiger charge is 2.24. The summed E-state index contributed by atoms with van der Waals surface area (Å²) >= 11 is 5.89. The summed E-state index contributed by atoms with van der Waals surface area (Å²) in [4.78, 5) is 16.6. The predicted octanol–water partition coefficient (Wildman–Crippen LogP) is 3.58. The average molecular weight is 272 g/mol. The molecule has 100 valence electrons. The summed E-state index contributed by atoms with van der Waals surface area (Å²) in [6.07, 6.45) is 1.85. The lowest BCUT2D eigenvalue weighted by atomic mass is 10.2. The van der Waals surface area contributed by atoms with Crippen LogP contribution >= 0.6 is 11.6 Å². The molecular formula is C12H18ClN3O2. The van der Waals surface area contributed by atoms with Crippen LogP contribution in [0.3, 0.4) is 0 Å². The van der Waals surface area contributed by atoms with Gasteiger partial charge in [-0.1, -0.05) is 25.4 Å². The van der Waals surface area contributed by atoms with Gasteiger partial charge in [-0.3, -0.25) is 10.1 Å². The molecule has 0 aromatic carbocycles. The van der Waals surface area contributed by atoms with Crippen molar-refractivity contribution in [2.75, 3.05) is 18.0 Å². The van der Waals surface area contributed by atoms with Gasteiger partial charge < -0.3 is 4.90 Å². The van der Waals surface area contributed by atoms with E-state index in [1.54, 1.807) is 13.0 Å². The van der Waals surface area contributed by atoms with Crippen LogP contribution in [-0.2, 0) is 0 Å². The van der Waals surface area contributed by atoms with Gasteiger partial charge in [-0.15, -0.1) is 0 Å². The normalized spacial score (nSPS) is 10.4. The molecule has 1 aromatic heterocycles. The van der Waals surface area contributed by atoms with Crippen molar-refractivity contribution in [2.45, 2.75) is 33.6 Å². The number of nitrogens with zero attached hydrogens (tertiary/aromatic N) is 3. The third-order valence-electron chi connectivity index (χ3n) is 2.57. The summed E-state index contributed by atoms with van der Waals surface area (Å²) < 4.78 is 0. The third-order valence-corrected chi connectivity index (χ3v) is 2.83. The zero-order valence-electron chi connectivity index (χ0n) is 10.9. The van der Waals surface area contributed by atoms with Crippen LogP contribution in [0.5, 0.6) is 0 Å². The summed E-state index contributed by atoms with van der Waals surface area (Å²) in [5.74, 6) is 0. The molecule has 0 radical (unpaired) electrons. The third kappa shape index (κ3) is 3.32. The Bertz CT molecular complexity index is 432. The van der Waals surface area contributed by atoms with Crippen LogP contribution in [0.2, 0.25) is 5.15 Å². The van der Waals surface area contributed by atoms with E-state index in [2.05, 4.69) is 4.98 Å². The average Bonchev–Trinajstić information content (AvgIpc) is 2.26. The Morgan fingerprint density at radius 2 is 1.94 bits per heavy atom.